The van der Waals surface area contributed by atoms with Crippen molar-refractivity contribution < 1.29 is 14.7 Å². The van der Waals surface area contributed by atoms with Gasteiger partial charge in [0, 0.05) is 9.35 Å². The molecule has 2 rings (SSSR count). The number of carbonyl (C=O) groups is 2. The summed E-state index contributed by atoms with van der Waals surface area (Å²) in [6, 6.07) is 8.06. The van der Waals surface area contributed by atoms with Gasteiger partial charge in [-0.3, -0.25) is 0 Å². The van der Waals surface area contributed by atoms with Gasteiger partial charge in [0.25, 0.3) is 0 Å². The molecule has 20 heavy (non-hydrogen) atoms. The number of hydrogen-bond acceptors (Lipinski definition) is 3. The molecule has 2 amide bonds. The number of nitrogens with one attached hydrogen (secondary N) is 2. The maximum atomic E-state index is 11.8. The van der Waals surface area contributed by atoms with Crippen LogP contribution in [0.3, 0.4) is 0 Å². The summed E-state index contributed by atoms with van der Waals surface area (Å²) in [6.45, 7) is 0.399. The fourth-order valence-electron chi connectivity index (χ4n) is 1.57. The molecule has 0 aliphatic rings. The third-order valence-corrected chi connectivity index (χ3v) is 4.02. The Morgan fingerprint density at radius 2 is 2.05 bits per heavy atom. The average molecular weight is 355 g/mol. The Balaban J connectivity index is 2.06. The molecular formula is C13H11BrN2O3S. The summed E-state index contributed by atoms with van der Waals surface area (Å²) in [4.78, 5) is 23.9. The van der Waals surface area contributed by atoms with Gasteiger partial charge in [0.1, 0.15) is 0 Å². The zero-order valence-corrected chi connectivity index (χ0v) is 12.6. The van der Waals surface area contributed by atoms with Crippen molar-refractivity contribution in [2.75, 3.05) is 5.32 Å². The third kappa shape index (κ3) is 3.58. The van der Waals surface area contributed by atoms with Crippen molar-refractivity contribution in [2.45, 2.75) is 6.54 Å². The van der Waals surface area contributed by atoms with Crippen LogP contribution in [0.15, 0.2) is 40.2 Å². The summed E-state index contributed by atoms with van der Waals surface area (Å²) in [5.74, 6) is -1.10. The van der Waals surface area contributed by atoms with E-state index in [1.54, 1.807) is 12.1 Å². The van der Waals surface area contributed by atoms with Crippen molar-refractivity contribution in [3.8, 4) is 0 Å². The minimum atomic E-state index is -1.10. The summed E-state index contributed by atoms with van der Waals surface area (Å²) < 4.78 is 0.517. The van der Waals surface area contributed by atoms with E-state index in [2.05, 4.69) is 26.6 Å². The number of benzene rings is 1. The maximum absolute atomic E-state index is 11.8. The molecule has 0 radical (unpaired) electrons. The lowest BCUT2D eigenvalue weighted by Crippen LogP contribution is -2.28. The lowest BCUT2D eigenvalue weighted by molar-refractivity contribution is 0.0698. The molecule has 0 bridgehead atoms. The monoisotopic (exact) mass is 354 g/mol. The van der Waals surface area contributed by atoms with Gasteiger partial charge in [-0.2, -0.15) is 0 Å². The Morgan fingerprint density at radius 3 is 2.70 bits per heavy atom. The van der Waals surface area contributed by atoms with Crippen LogP contribution < -0.4 is 10.6 Å². The highest BCUT2D eigenvalue weighted by atomic mass is 79.9. The summed E-state index contributed by atoms with van der Waals surface area (Å²) in [7, 11) is 0. The number of amides is 2. The lowest BCUT2D eigenvalue weighted by atomic mass is 10.2. The Hall–Kier alpha value is -1.86. The quantitative estimate of drug-likeness (QED) is 0.785. The van der Waals surface area contributed by atoms with Gasteiger partial charge in [-0.1, -0.05) is 12.1 Å². The number of para-hydroxylation sites is 1. The predicted octanol–water partition coefficient (Wildman–Crippen LogP) is 3.53. The number of thiophene rings is 1. The summed E-state index contributed by atoms with van der Waals surface area (Å²) in [5.41, 5.74) is 0.273. The van der Waals surface area contributed by atoms with Gasteiger partial charge in [-0.15, -0.1) is 11.3 Å². The van der Waals surface area contributed by atoms with Crippen LogP contribution in [-0.2, 0) is 6.54 Å². The minimum Gasteiger partial charge on any atom is -0.478 e. The molecule has 0 spiro atoms. The molecule has 1 heterocycles. The molecule has 0 unspecified atom stereocenters. The van der Waals surface area contributed by atoms with E-state index < -0.39 is 12.0 Å². The van der Waals surface area contributed by atoms with E-state index in [4.69, 9.17) is 5.11 Å². The first kappa shape index (κ1) is 14.5. The summed E-state index contributed by atoms with van der Waals surface area (Å²) in [6.07, 6.45) is 0. The second-order valence-corrected chi connectivity index (χ2v) is 5.74. The molecule has 0 fully saturated rings. The molecule has 1 aromatic heterocycles. The fourth-order valence-corrected chi connectivity index (χ4v) is 2.68. The highest BCUT2D eigenvalue weighted by Gasteiger charge is 2.15. The van der Waals surface area contributed by atoms with Gasteiger partial charge in [-0.05, 0) is 39.5 Å². The van der Waals surface area contributed by atoms with E-state index in [0.717, 1.165) is 4.88 Å². The molecule has 3 N–H and O–H groups in total. The largest absolute Gasteiger partial charge is 0.478 e. The zero-order valence-electron chi connectivity index (χ0n) is 10.2. The van der Waals surface area contributed by atoms with Crippen molar-refractivity contribution in [1.29, 1.82) is 0 Å². The van der Waals surface area contributed by atoms with Crippen molar-refractivity contribution >= 4 is 45.0 Å². The van der Waals surface area contributed by atoms with Gasteiger partial charge in [0.05, 0.1) is 17.8 Å². The molecule has 5 nitrogen and oxygen atoms in total. The molecule has 0 atom stereocenters. The second kappa shape index (κ2) is 6.53. The molecule has 2 aromatic rings. The van der Waals surface area contributed by atoms with Crippen LogP contribution >= 0.6 is 27.3 Å². The molecule has 7 heteroatoms. The number of aromatic carboxylic acids is 1. The van der Waals surface area contributed by atoms with E-state index in [-0.39, 0.29) is 11.3 Å². The number of carbonyl (C=O) groups excluding carboxylic acids is 1. The highest BCUT2D eigenvalue weighted by Crippen LogP contribution is 2.26. The van der Waals surface area contributed by atoms with E-state index in [1.165, 1.54) is 17.4 Å². The number of anilines is 1. The standard InChI is InChI=1S/C13H11BrN2O3S/c14-10-5-1-4-9(12(17)18)11(10)16-13(19)15-7-8-3-2-6-20-8/h1-6H,7H2,(H,17,18)(H2,15,16,19). The maximum Gasteiger partial charge on any atom is 0.337 e. The Labute approximate surface area is 127 Å². The number of hydrogen-bond donors (Lipinski definition) is 3. The molecule has 0 aliphatic heterocycles. The molecule has 0 aliphatic carbocycles. The molecule has 1 aromatic carbocycles. The number of rotatable bonds is 4. The number of carboxylic acids is 1. The lowest BCUT2D eigenvalue weighted by Gasteiger charge is -2.11. The Morgan fingerprint density at radius 1 is 1.25 bits per heavy atom. The van der Waals surface area contributed by atoms with Crippen LogP contribution in [0, 0.1) is 0 Å². The number of urea groups is 1. The SMILES string of the molecule is O=C(NCc1cccs1)Nc1c(Br)cccc1C(=O)O. The molecule has 104 valence electrons. The minimum absolute atomic E-state index is 0.0330. The van der Waals surface area contributed by atoms with Crippen LogP contribution in [0.1, 0.15) is 15.2 Å². The zero-order chi connectivity index (χ0) is 14.5. The van der Waals surface area contributed by atoms with E-state index >= 15 is 0 Å². The van der Waals surface area contributed by atoms with Crippen LogP contribution in [0.2, 0.25) is 0 Å². The van der Waals surface area contributed by atoms with Crippen molar-refractivity contribution in [2.24, 2.45) is 0 Å². The highest BCUT2D eigenvalue weighted by molar-refractivity contribution is 9.10. The normalized spacial score (nSPS) is 10.1. The van der Waals surface area contributed by atoms with Gasteiger partial charge >= 0.3 is 12.0 Å². The summed E-state index contributed by atoms with van der Waals surface area (Å²) in [5, 5.41) is 16.2. The third-order valence-electron chi connectivity index (χ3n) is 2.49. The van der Waals surface area contributed by atoms with Gasteiger partial charge in [-0.25, -0.2) is 9.59 Å². The molecule has 0 saturated heterocycles. The first-order chi connectivity index (χ1) is 9.58. The van der Waals surface area contributed by atoms with Crippen molar-refractivity contribution in [3.05, 3.63) is 50.6 Å². The number of carboxylic acid groups (broad SMARTS) is 1. The predicted molar refractivity (Wildman–Crippen MR) is 81.3 cm³/mol. The van der Waals surface area contributed by atoms with Gasteiger partial charge in [0.2, 0.25) is 0 Å². The topological polar surface area (TPSA) is 78.4 Å². The van der Waals surface area contributed by atoms with Crippen LogP contribution in [0.5, 0.6) is 0 Å². The smallest absolute Gasteiger partial charge is 0.337 e. The van der Waals surface area contributed by atoms with Crippen LogP contribution in [0.4, 0.5) is 10.5 Å². The number of halogens is 1. The van der Waals surface area contributed by atoms with Crippen molar-refractivity contribution in [1.82, 2.24) is 5.32 Å². The van der Waals surface area contributed by atoms with Crippen molar-refractivity contribution in [3.63, 3.8) is 0 Å². The summed E-state index contributed by atoms with van der Waals surface area (Å²) >= 11 is 4.77. The first-order valence-corrected chi connectivity index (χ1v) is 7.34. The first-order valence-electron chi connectivity index (χ1n) is 5.67. The van der Waals surface area contributed by atoms with Crippen LogP contribution in [0.25, 0.3) is 0 Å². The average Bonchev–Trinajstić information content (AvgIpc) is 2.91. The molecular weight excluding hydrogens is 344 g/mol. The van der Waals surface area contributed by atoms with Gasteiger partial charge < -0.3 is 15.7 Å². The second-order valence-electron chi connectivity index (χ2n) is 3.85. The van der Waals surface area contributed by atoms with E-state index in [0.29, 0.717) is 11.0 Å². The van der Waals surface area contributed by atoms with E-state index in [1.807, 2.05) is 17.5 Å². The Bertz CT molecular complexity index is 629. The fraction of sp³-hybridized carbons (Fsp3) is 0.0769. The Kier molecular flexibility index (Phi) is 4.75. The van der Waals surface area contributed by atoms with Crippen LogP contribution in [-0.4, -0.2) is 17.1 Å². The molecule has 0 saturated carbocycles. The van der Waals surface area contributed by atoms with Gasteiger partial charge in [0.15, 0.2) is 0 Å². The van der Waals surface area contributed by atoms with E-state index in [9.17, 15) is 9.59 Å².